The van der Waals surface area contributed by atoms with Crippen molar-refractivity contribution in [2.45, 2.75) is 19.8 Å². The Kier molecular flexibility index (Phi) is 3.92. The molecule has 3 fully saturated rings. The third-order valence-electron chi connectivity index (χ3n) is 2.98. The third kappa shape index (κ3) is 4.39. The molecule has 0 aromatic rings. The highest BCUT2D eigenvalue weighted by molar-refractivity contribution is 7.85. The van der Waals surface area contributed by atoms with E-state index in [1.54, 1.807) is 0 Å². The van der Waals surface area contributed by atoms with E-state index in [4.69, 9.17) is 4.55 Å². The molecule has 1 atom stereocenters. The van der Waals surface area contributed by atoms with E-state index in [0.29, 0.717) is 6.26 Å². The summed E-state index contributed by atoms with van der Waals surface area (Å²) in [4.78, 5) is 2.60. The van der Waals surface area contributed by atoms with E-state index in [2.05, 4.69) is 11.8 Å². The quantitative estimate of drug-likeness (QED) is 0.616. The van der Waals surface area contributed by atoms with Crippen LogP contribution in [0.2, 0.25) is 0 Å². The first-order valence-electron chi connectivity index (χ1n) is 5.01. The molecular weight excluding hydrogens is 202 g/mol. The molecule has 0 aliphatic carbocycles. The minimum atomic E-state index is -3.67. The molecule has 5 heteroatoms. The molecule has 1 unspecified atom stereocenters. The molecule has 2 bridgehead atoms. The van der Waals surface area contributed by atoms with Gasteiger partial charge in [0.15, 0.2) is 0 Å². The summed E-state index contributed by atoms with van der Waals surface area (Å²) >= 11 is 0. The zero-order valence-electron chi connectivity index (χ0n) is 8.81. The van der Waals surface area contributed by atoms with Gasteiger partial charge in [0.2, 0.25) is 0 Å². The first-order valence-corrected chi connectivity index (χ1v) is 6.86. The summed E-state index contributed by atoms with van der Waals surface area (Å²) in [6.07, 6.45) is 3.66. The smallest absolute Gasteiger partial charge is 0.261 e. The van der Waals surface area contributed by atoms with Gasteiger partial charge in [0, 0.05) is 6.54 Å². The Balaban J connectivity index is 0.000000171. The Labute approximate surface area is 86.0 Å². The number of nitrogens with zero attached hydrogens (tertiary/aromatic N) is 1. The van der Waals surface area contributed by atoms with Crippen molar-refractivity contribution in [2.24, 2.45) is 11.8 Å². The molecule has 0 amide bonds. The van der Waals surface area contributed by atoms with E-state index in [1.807, 2.05) is 0 Å². The molecule has 3 aliphatic rings. The van der Waals surface area contributed by atoms with Crippen LogP contribution >= 0.6 is 0 Å². The van der Waals surface area contributed by atoms with Gasteiger partial charge in [-0.15, -0.1) is 0 Å². The second-order valence-electron chi connectivity index (χ2n) is 4.35. The second-order valence-corrected chi connectivity index (χ2v) is 5.81. The molecule has 0 saturated carbocycles. The predicted octanol–water partition coefficient (Wildman–Crippen LogP) is 0.852. The molecule has 3 saturated heterocycles. The summed E-state index contributed by atoms with van der Waals surface area (Å²) in [5.74, 6) is 2.07. The van der Waals surface area contributed by atoms with Crippen LogP contribution in [0.4, 0.5) is 0 Å². The van der Waals surface area contributed by atoms with Gasteiger partial charge in [-0.2, -0.15) is 8.42 Å². The fourth-order valence-corrected chi connectivity index (χ4v) is 2.26. The van der Waals surface area contributed by atoms with Crippen molar-refractivity contribution in [1.82, 2.24) is 4.90 Å². The van der Waals surface area contributed by atoms with Gasteiger partial charge < -0.3 is 4.90 Å². The highest BCUT2D eigenvalue weighted by atomic mass is 32.2. The number of piperidine rings is 3. The van der Waals surface area contributed by atoms with E-state index in [1.165, 1.54) is 32.5 Å². The Morgan fingerprint density at radius 1 is 1.29 bits per heavy atom. The first-order chi connectivity index (χ1) is 6.36. The van der Waals surface area contributed by atoms with Crippen LogP contribution in [0.15, 0.2) is 0 Å². The maximum atomic E-state index is 9.19. The monoisotopic (exact) mass is 221 g/mol. The van der Waals surface area contributed by atoms with Gasteiger partial charge in [0.25, 0.3) is 10.1 Å². The van der Waals surface area contributed by atoms with Crippen molar-refractivity contribution in [3.8, 4) is 0 Å². The average molecular weight is 221 g/mol. The van der Waals surface area contributed by atoms with Crippen molar-refractivity contribution >= 4 is 10.1 Å². The number of hydrogen-bond acceptors (Lipinski definition) is 3. The van der Waals surface area contributed by atoms with Gasteiger partial charge in [-0.25, -0.2) is 0 Å². The molecule has 3 rings (SSSR count). The van der Waals surface area contributed by atoms with Crippen LogP contribution in [0.5, 0.6) is 0 Å². The molecule has 0 aromatic heterocycles. The van der Waals surface area contributed by atoms with Gasteiger partial charge in [0.05, 0.1) is 6.26 Å². The van der Waals surface area contributed by atoms with Crippen LogP contribution < -0.4 is 0 Å². The lowest BCUT2D eigenvalue weighted by Crippen LogP contribution is -2.46. The Morgan fingerprint density at radius 2 is 1.71 bits per heavy atom. The highest BCUT2D eigenvalue weighted by Gasteiger charge is 2.30. The summed E-state index contributed by atoms with van der Waals surface area (Å²) in [6, 6.07) is 0. The largest absolute Gasteiger partial charge is 0.303 e. The van der Waals surface area contributed by atoms with E-state index in [0.717, 1.165) is 11.8 Å². The van der Waals surface area contributed by atoms with Crippen LogP contribution in [0, 0.1) is 11.8 Å². The highest BCUT2D eigenvalue weighted by Crippen LogP contribution is 2.31. The standard InChI is InChI=1S/C8H15N.CH4O3S/c1-7-6-9-4-2-8(7)3-5-9;1-5(2,3)4/h7-8H,2-6H2,1H3;1H3,(H,2,3,4). The lowest BCUT2D eigenvalue weighted by atomic mass is 9.80. The fourth-order valence-electron chi connectivity index (χ4n) is 2.26. The van der Waals surface area contributed by atoms with Crippen molar-refractivity contribution in [3.63, 3.8) is 0 Å². The summed E-state index contributed by atoms with van der Waals surface area (Å²) in [7, 11) is -3.67. The lowest BCUT2D eigenvalue weighted by molar-refractivity contribution is 0.0603. The van der Waals surface area contributed by atoms with Crippen LogP contribution in [0.1, 0.15) is 19.8 Å². The predicted molar refractivity (Wildman–Crippen MR) is 55.8 cm³/mol. The summed E-state index contributed by atoms with van der Waals surface area (Å²) in [5.41, 5.74) is 0. The van der Waals surface area contributed by atoms with Crippen molar-refractivity contribution in [2.75, 3.05) is 25.9 Å². The molecule has 3 heterocycles. The van der Waals surface area contributed by atoms with E-state index >= 15 is 0 Å². The van der Waals surface area contributed by atoms with Gasteiger partial charge in [0.1, 0.15) is 0 Å². The maximum absolute atomic E-state index is 9.19. The van der Waals surface area contributed by atoms with Crippen LogP contribution in [0.3, 0.4) is 0 Å². The average Bonchev–Trinajstić information content (AvgIpc) is 2.02. The molecule has 0 aromatic carbocycles. The van der Waals surface area contributed by atoms with Gasteiger partial charge in [-0.05, 0) is 37.8 Å². The molecule has 4 nitrogen and oxygen atoms in total. The van der Waals surface area contributed by atoms with Crippen LogP contribution in [-0.2, 0) is 10.1 Å². The second kappa shape index (κ2) is 4.59. The zero-order chi connectivity index (χ0) is 10.8. The van der Waals surface area contributed by atoms with Crippen LogP contribution in [0.25, 0.3) is 0 Å². The van der Waals surface area contributed by atoms with Gasteiger partial charge >= 0.3 is 0 Å². The van der Waals surface area contributed by atoms with Crippen LogP contribution in [-0.4, -0.2) is 43.8 Å². The maximum Gasteiger partial charge on any atom is 0.261 e. The SMILES string of the molecule is CC1CN2CCC1CC2.CS(=O)(=O)O. The third-order valence-corrected chi connectivity index (χ3v) is 2.98. The van der Waals surface area contributed by atoms with Crippen molar-refractivity contribution in [1.29, 1.82) is 0 Å². The minimum Gasteiger partial charge on any atom is -0.303 e. The lowest BCUT2D eigenvalue weighted by Gasteiger charge is -2.43. The minimum absolute atomic E-state index is 0.715. The van der Waals surface area contributed by atoms with Crippen molar-refractivity contribution in [3.05, 3.63) is 0 Å². The summed E-state index contributed by atoms with van der Waals surface area (Å²) < 4.78 is 25.9. The molecule has 14 heavy (non-hydrogen) atoms. The van der Waals surface area contributed by atoms with Gasteiger partial charge in [-0.3, -0.25) is 4.55 Å². The van der Waals surface area contributed by atoms with Crippen molar-refractivity contribution < 1.29 is 13.0 Å². The number of hydrogen-bond donors (Lipinski definition) is 1. The Morgan fingerprint density at radius 3 is 1.86 bits per heavy atom. The van der Waals surface area contributed by atoms with Gasteiger partial charge in [-0.1, -0.05) is 6.92 Å². The Hall–Kier alpha value is -0.130. The molecule has 84 valence electrons. The summed E-state index contributed by atoms with van der Waals surface area (Å²) in [6.45, 7) is 6.55. The van der Waals surface area contributed by atoms with E-state index in [9.17, 15) is 8.42 Å². The van der Waals surface area contributed by atoms with E-state index in [-0.39, 0.29) is 0 Å². The molecule has 1 N–H and O–H groups in total. The molecular formula is C9H19NO3S. The van der Waals surface area contributed by atoms with E-state index < -0.39 is 10.1 Å². The molecule has 0 radical (unpaired) electrons. The Bertz CT molecular complexity index is 260. The molecule has 0 spiro atoms. The zero-order valence-corrected chi connectivity index (χ0v) is 9.63. The number of rotatable bonds is 0. The topological polar surface area (TPSA) is 57.6 Å². The fraction of sp³-hybridized carbons (Fsp3) is 1.00. The number of fused-ring (bicyclic) bond motifs is 3. The molecule has 3 aliphatic heterocycles. The normalized spacial score (nSPS) is 36.1. The first kappa shape index (κ1) is 11.9. The summed E-state index contributed by atoms with van der Waals surface area (Å²) in [5, 5.41) is 0.